The Kier molecular flexibility index (Phi) is 4.95. The summed E-state index contributed by atoms with van der Waals surface area (Å²) in [5.41, 5.74) is 0. The van der Waals surface area contributed by atoms with Crippen molar-refractivity contribution in [3.63, 3.8) is 0 Å². The molecule has 34 valence electrons. The Morgan fingerprint density at radius 3 is 1.43 bits per heavy atom. The molecule has 0 N–H and O–H groups in total. The average molecular weight is 104 g/mol. The summed E-state index contributed by atoms with van der Waals surface area (Å²) >= 11 is 0. The van der Waals surface area contributed by atoms with Crippen LogP contribution in [0.15, 0.2) is 24.3 Å². The van der Waals surface area contributed by atoms with Gasteiger partial charge in [0.1, 0.15) is 0 Å². The van der Waals surface area contributed by atoms with Crippen LogP contribution in [0.3, 0.4) is 0 Å². The molecule has 0 spiro atoms. The number of rotatable bonds is 0. The number of allylic oxidation sites excluding steroid dienone is 4. The van der Waals surface area contributed by atoms with E-state index in [1.54, 1.807) is 0 Å². The maximum absolute atomic E-state index is 2.18. The first-order chi connectivity index (χ1) is 3.00. The van der Waals surface area contributed by atoms with E-state index in [9.17, 15) is 0 Å². The van der Waals surface area contributed by atoms with E-state index in [0.29, 0.717) is 0 Å². The van der Waals surface area contributed by atoms with Crippen LogP contribution in [0.5, 0.6) is 0 Å². The fraction of sp³-hybridized carbons (Fsp3) is 0.333. The van der Waals surface area contributed by atoms with E-state index in [4.69, 9.17) is 0 Å². The third-order valence-corrected chi connectivity index (χ3v) is 0.883. The fourth-order valence-corrected chi connectivity index (χ4v) is 0.542. The standard InChI is InChI=1S/C6H8.Na.H/c1-2-4-6-5-3-1;;/h1-4H,5-6H2;;. The molecule has 0 fully saturated rings. The third-order valence-electron chi connectivity index (χ3n) is 0.883. The molecule has 0 bridgehead atoms. The molecule has 1 rings (SSSR count). The topological polar surface area (TPSA) is 0 Å². The molecular weight excluding hydrogens is 95.1 g/mol. The molecule has 7 heavy (non-hydrogen) atoms. The molecule has 0 heterocycles. The van der Waals surface area contributed by atoms with Gasteiger partial charge in [-0.3, -0.25) is 0 Å². The molecule has 0 saturated heterocycles. The van der Waals surface area contributed by atoms with Crippen LogP contribution in [-0.4, -0.2) is 29.6 Å². The maximum atomic E-state index is 2.18. The van der Waals surface area contributed by atoms with Gasteiger partial charge in [0, 0.05) is 0 Å². The third kappa shape index (κ3) is 3.10. The van der Waals surface area contributed by atoms with E-state index in [-0.39, 0.29) is 29.6 Å². The minimum absolute atomic E-state index is 0. The summed E-state index contributed by atoms with van der Waals surface area (Å²) in [6.45, 7) is 0. The summed E-state index contributed by atoms with van der Waals surface area (Å²) < 4.78 is 0. The minimum atomic E-state index is 0. The van der Waals surface area contributed by atoms with Crippen LogP contribution in [0.25, 0.3) is 0 Å². The van der Waals surface area contributed by atoms with E-state index in [1.165, 1.54) is 12.8 Å². The molecule has 0 aliphatic heterocycles. The van der Waals surface area contributed by atoms with Crippen molar-refractivity contribution in [3.8, 4) is 0 Å². The predicted octanol–water partition coefficient (Wildman–Crippen LogP) is 1.24. The van der Waals surface area contributed by atoms with Crippen LogP contribution in [0.2, 0.25) is 0 Å². The summed E-state index contributed by atoms with van der Waals surface area (Å²) in [6.07, 6.45) is 11.0. The zero-order chi connectivity index (χ0) is 4.24. The Morgan fingerprint density at radius 1 is 0.857 bits per heavy atom. The fourth-order valence-electron chi connectivity index (χ4n) is 0.542. The summed E-state index contributed by atoms with van der Waals surface area (Å²) in [5.74, 6) is 0. The van der Waals surface area contributed by atoms with Gasteiger partial charge in [0.2, 0.25) is 0 Å². The first-order valence-corrected chi connectivity index (χ1v) is 2.32. The van der Waals surface area contributed by atoms with Gasteiger partial charge in [-0.25, -0.2) is 0 Å². The van der Waals surface area contributed by atoms with E-state index >= 15 is 0 Å². The van der Waals surface area contributed by atoms with Crippen molar-refractivity contribution in [2.75, 3.05) is 0 Å². The molecule has 0 aromatic carbocycles. The quantitative estimate of drug-likeness (QED) is 0.406. The van der Waals surface area contributed by atoms with Crippen LogP contribution >= 0.6 is 0 Å². The van der Waals surface area contributed by atoms with Gasteiger partial charge in [0.15, 0.2) is 0 Å². The molecule has 0 atom stereocenters. The van der Waals surface area contributed by atoms with E-state index < -0.39 is 0 Å². The van der Waals surface area contributed by atoms with Gasteiger partial charge in [0.05, 0.1) is 0 Å². The Balaban J connectivity index is 0.000000360. The number of hydrogen-bond donors (Lipinski definition) is 0. The predicted molar refractivity (Wildman–Crippen MR) is 34.7 cm³/mol. The second kappa shape index (κ2) is 4.63. The van der Waals surface area contributed by atoms with Gasteiger partial charge < -0.3 is 0 Å². The second-order valence-corrected chi connectivity index (χ2v) is 1.43. The Labute approximate surface area is 66.6 Å². The molecular formula is C6H9Na. The van der Waals surface area contributed by atoms with Gasteiger partial charge in [-0.1, -0.05) is 24.3 Å². The van der Waals surface area contributed by atoms with E-state index in [2.05, 4.69) is 24.3 Å². The van der Waals surface area contributed by atoms with Crippen molar-refractivity contribution in [2.24, 2.45) is 0 Å². The summed E-state index contributed by atoms with van der Waals surface area (Å²) in [5, 5.41) is 0. The van der Waals surface area contributed by atoms with Crippen molar-refractivity contribution >= 4 is 29.6 Å². The molecule has 0 radical (unpaired) electrons. The Hall–Kier alpha value is 0.480. The monoisotopic (exact) mass is 104 g/mol. The van der Waals surface area contributed by atoms with Crippen LogP contribution in [0, 0.1) is 0 Å². The van der Waals surface area contributed by atoms with Crippen molar-refractivity contribution in [2.45, 2.75) is 12.8 Å². The Morgan fingerprint density at radius 2 is 1.29 bits per heavy atom. The zero-order valence-electron chi connectivity index (χ0n) is 3.72. The van der Waals surface area contributed by atoms with E-state index in [0.717, 1.165) is 0 Å². The summed E-state index contributed by atoms with van der Waals surface area (Å²) in [6, 6.07) is 0. The average Bonchev–Trinajstić information content (AvgIpc) is 1.72. The van der Waals surface area contributed by atoms with Gasteiger partial charge in [-0.2, -0.15) is 0 Å². The van der Waals surface area contributed by atoms with Crippen LogP contribution in [0.4, 0.5) is 0 Å². The number of hydrogen-bond acceptors (Lipinski definition) is 0. The molecule has 0 amide bonds. The first-order valence-electron chi connectivity index (χ1n) is 2.32. The molecule has 0 aromatic heterocycles. The molecule has 0 aromatic rings. The summed E-state index contributed by atoms with van der Waals surface area (Å²) in [7, 11) is 0. The first kappa shape index (κ1) is 7.48. The van der Waals surface area contributed by atoms with Gasteiger partial charge in [0.25, 0.3) is 0 Å². The second-order valence-electron chi connectivity index (χ2n) is 1.43. The summed E-state index contributed by atoms with van der Waals surface area (Å²) in [4.78, 5) is 0. The van der Waals surface area contributed by atoms with Crippen molar-refractivity contribution in [1.29, 1.82) is 0 Å². The van der Waals surface area contributed by atoms with Crippen LogP contribution in [-0.2, 0) is 0 Å². The Bertz CT molecular complexity index is 70.2. The van der Waals surface area contributed by atoms with Crippen LogP contribution < -0.4 is 0 Å². The van der Waals surface area contributed by atoms with Gasteiger partial charge >= 0.3 is 29.6 Å². The van der Waals surface area contributed by atoms with E-state index in [1.807, 2.05) is 0 Å². The molecule has 1 aliphatic carbocycles. The molecule has 0 nitrogen and oxygen atoms in total. The van der Waals surface area contributed by atoms with Gasteiger partial charge in [-0.15, -0.1) is 0 Å². The normalized spacial score (nSPS) is 16.0. The molecule has 0 unspecified atom stereocenters. The van der Waals surface area contributed by atoms with Crippen molar-refractivity contribution in [1.82, 2.24) is 0 Å². The molecule has 1 aliphatic rings. The molecule has 1 heteroatoms. The zero-order valence-corrected chi connectivity index (χ0v) is 3.72. The van der Waals surface area contributed by atoms with Crippen LogP contribution in [0.1, 0.15) is 12.8 Å². The van der Waals surface area contributed by atoms with Gasteiger partial charge in [-0.05, 0) is 12.8 Å². The van der Waals surface area contributed by atoms with Crippen molar-refractivity contribution < 1.29 is 0 Å². The molecule has 0 saturated carbocycles. The SMILES string of the molecule is C1=CCCC=C1.[NaH]. The van der Waals surface area contributed by atoms with Crippen molar-refractivity contribution in [3.05, 3.63) is 24.3 Å².